The number of ether oxygens (including phenoxy) is 3. The van der Waals surface area contributed by atoms with Crippen LogP contribution in [0.4, 0.5) is 0 Å². The number of methoxy groups -OCH3 is 1. The first-order valence-corrected chi connectivity index (χ1v) is 12.0. The van der Waals surface area contributed by atoms with E-state index in [0.29, 0.717) is 40.4 Å². The quantitative estimate of drug-likeness (QED) is 0.462. The monoisotopic (exact) mass is 490 g/mol. The van der Waals surface area contributed by atoms with E-state index in [1.165, 1.54) is 0 Å². The third-order valence-corrected chi connectivity index (χ3v) is 6.56. The Bertz CT molecular complexity index is 1230. The second-order valence-corrected chi connectivity index (χ2v) is 8.65. The maximum atomic E-state index is 14.2. The second-order valence-electron chi connectivity index (χ2n) is 8.65. The Morgan fingerprint density at radius 3 is 2.53 bits per heavy atom. The molecule has 0 saturated heterocycles. The largest absolute Gasteiger partial charge is 0.497 e. The van der Waals surface area contributed by atoms with Gasteiger partial charge in [-0.2, -0.15) is 0 Å². The van der Waals surface area contributed by atoms with E-state index in [1.807, 2.05) is 24.3 Å². The molecule has 1 aromatic carbocycles. The Hall–Kier alpha value is -3.94. The topological polar surface area (TPSA) is 104 Å². The first-order chi connectivity index (χ1) is 17.4. The van der Waals surface area contributed by atoms with Gasteiger partial charge in [-0.3, -0.25) is 14.6 Å². The number of esters is 2. The molecule has 0 unspecified atom stereocenters. The fourth-order valence-electron chi connectivity index (χ4n) is 5.04. The first kappa shape index (κ1) is 25.2. The van der Waals surface area contributed by atoms with E-state index >= 15 is 0 Å². The molecule has 0 bridgehead atoms. The lowest BCUT2D eigenvalue weighted by Gasteiger charge is -2.39. The van der Waals surface area contributed by atoms with E-state index in [4.69, 9.17) is 14.2 Å². The van der Waals surface area contributed by atoms with E-state index < -0.39 is 29.7 Å². The minimum Gasteiger partial charge on any atom is -0.497 e. The van der Waals surface area contributed by atoms with Crippen LogP contribution in [0.3, 0.4) is 0 Å². The summed E-state index contributed by atoms with van der Waals surface area (Å²) in [5.41, 5.74) is 3.24. The van der Waals surface area contributed by atoms with Crippen LogP contribution in [-0.4, -0.2) is 43.0 Å². The van der Waals surface area contributed by atoms with Gasteiger partial charge >= 0.3 is 11.9 Å². The SMILES string of the molecule is CCOC(=O)C1=C(C)NC2=C(C(=O)[C@@H](C(=O)OCC)[C@H](c3cccc(OC)c3)C2)[C@H]1c1ccccn1. The maximum Gasteiger partial charge on any atom is 0.336 e. The van der Waals surface area contributed by atoms with Gasteiger partial charge in [0.2, 0.25) is 0 Å². The molecule has 1 aliphatic heterocycles. The lowest BCUT2D eigenvalue weighted by molar-refractivity contribution is -0.152. The molecule has 36 heavy (non-hydrogen) atoms. The van der Waals surface area contributed by atoms with Gasteiger partial charge < -0.3 is 19.5 Å². The number of nitrogens with one attached hydrogen (secondary N) is 1. The van der Waals surface area contributed by atoms with Crippen molar-refractivity contribution in [2.75, 3.05) is 20.3 Å². The zero-order valence-corrected chi connectivity index (χ0v) is 20.9. The van der Waals surface area contributed by atoms with Crippen LogP contribution >= 0.6 is 0 Å². The molecular weight excluding hydrogens is 460 g/mol. The highest BCUT2D eigenvalue weighted by Gasteiger charge is 2.49. The van der Waals surface area contributed by atoms with Crippen LogP contribution in [0.2, 0.25) is 0 Å². The molecule has 1 N–H and O–H groups in total. The van der Waals surface area contributed by atoms with Gasteiger partial charge in [-0.1, -0.05) is 18.2 Å². The molecule has 3 atom stereocenters. The van der Waals surface area contributed by atoms with Gasteiger partial charge in [-0.05, 0) is 57.0 Å². The number of carbonyl (C=O) groups excluding carboxylic acids is 3. The highest BCUT2D eigenvalue weighted by atomic mass is 16.5. The minimum atomic E-state index is -1.08. The normalized spacial score (nSPS) is 21.4. The molecule has 8 heteroatoms. The van der Waals surface area contributed by atoms with Crippen molar-refractivity contribution in [2.45, 2.75) is 39.0 Å². The number of benzene rings is 1. The third kappa shape index (κ3) is 4.63. The van der Waals surface area contributed by atoms with Crippen molar-refractivity contribution in [2.24, 2.45) is 5.92 Å². The standard InChI is InChI=1S/C28H30N2O6/c1-5-35-27(32)22-16(3)30-21-15-19(17-10-9-11-18(14-17)34-4)23(28(33)36-6-2)26(31)25(21)24(22)20-12-7-8-13-29-20/h7-14,19,23-24,30H,5-6,15H2,1-4H3/t19-,23-,24-/m0/s1. The van der Waals surface area contributed by atoms with Crippen molar-refractivity contribution in [1.29, 1.82) is 0 Å². The highest BCUT2D eigenvalue weighted by Crippen LogP contribution is 2.48. The second kappa shape index (κ2) is 10.8. The van der Waals surface area contributed by atoms with Crippen molar-refractivity contribution >= 4 is 17.7 Å². The van der Waals surface area contributed by atoms with Crippen LogP contribution in [-0.2, 0) is 23.9 Å². The number of dihydropyridines is 1. The highest BCUT2D eigenvalue weighted by molar-refractivity contribution is 6.13. The molecule has 0 amide bonds. The van der Waals surface area contributed by atoms with Crippen molar-refractivity contribution < 1.29 is 28.6 Å². The number of pyridine rings is 1. The Labute approximate surface area is 210 Å². The molecule has 0 saturated carbocycles. The number of aromatic nitrogens is 1. The molecule has 2 aromatic rings. The lowest BCUT2D eigenvalue weighted by atomic mass is 9.67. The summed E-state index contributed by atoms with van der Waals surface area (Å²) in [5.74, 6) is -3.20. The van der Waals surface area contributed by atoms with Crippen LogP contribution in [0.5, 0.6) is 5.75 Å². The van der Waals surface area contributed by atoms with Crippen LogP contribution in [0.25, 0.3) is 0 Å². The zero-order chi connectivity index (χ0) is 25.8. The van der Waals surface area contributed by atoms with Crippen molar-refractivity contribution in [3.8, 4) is 5.75 Å². The summed E-state index contributed by atoms with van der Waals surface area (Å²) in [7, 11) is 1.57. The summed E-state index contributed by atoms with van der Waals surface area (Å²) in [4.78, 5) is 44.9. The Balaban J connectivity index is 1.88. The smallest absolute Gasteiger partial charge is 0.336 e. The van der Waals surface area contributed by atoms with Crippen LogP contribution < -0.4 is 10.1 Å². The van der Waals surface area contributed by atoms with Crippen molar-refractivity contribution in [1.82, 2.24) is 10.3 Å². The summed E-state index contributed by atoms with van der Waals surface area (Å²) >= 11 is 0. The number of carbonyl (C=O) groups is 3. The molecule has 0 radical (unpaired) electrons. The number of hydrogen-bond donors (Lipinski definition) is 1. The Morgan fingerprint density at radius 1 is 1.08 bits per heavy atom. The average Bonchev–Trinajstić information content (AvgIpc) is 2.88. The summed E-state index contributed by atoms with van der Waals surface area (Å²) in [6.07, 6.45) is 1.99. The molecule has 4 rings (SSSR count). The number of Topliss-reactive ketones (excluding diaryl/α,β-unsaturated/α-hetero) is 1. The van der Waals surface area contributed by atoms with E-state index in [9.17, 15) is 14.4 Å². The van der Waals surface area contributed by atoms with Gasteiger partial charge in [0.25, 0.3) is 0 Å². The fourth-order valence-corrected chi connectivity index (χ4v) is 5.04. The Kier molecular flexibility index (Phi) is 7.52. The predicted octanol–water partition coefficient (Wildman–Crippen LogP) is 3.80. The molecule has 0 fully saturated rings. The molecule has 0 spiro atoms. The van der Waals surface area contributed by atoms with Crippen LogP contribution in [0.1, 0.15) is 50.3 Å². The van der Waals surface area contributed by atoms with Gasteiger partial charge in [-0.15, -0.1) is 0 Å². The van der Waals surface area contributed by atoms with E-state index in [0.717, 1.165) is 5.56 Å². The average molecular weight is 491 g/mol. The number of nitrogens with zero attached hydrogens (tertiary/aromatic N) is 1. The van der Waals surface area contributed by atoms with Gasteiger partial charge in [-0.25, -0.2) is 4.79 Å². The molecule has 1 aliphatic carbocycles. The van der Waals surface area contributed by atoms with Crippen LogP contribution in [0.15, 0.2) is 71.2 Å². The van der Waals surface area contributed by atoms with E-state index in [-0.39, 0.29) is 19.0 Å². The predicted molar refractivity (Wildman–Crippen MR) is 132 cm³/mol. The lowest BCUT2D eigenvalue weighted by Crippen LogP contribution is -2.43. The summed E-state index contributed by atoms with van der Waals surface area (Å²) in [5, 5.41) is 3.28. The molecule has 2 aliphatic rings. The molecule has 188 valence electrons. The van der Waals surface area contributed by atoms with Gasteiger partial charge in [0.15, 0.2) is 5.78 Å². The van der Waals surface area contributed by atoms with Gasteiger partial charge in [0.05, 0.1) is 37.5 Å². The van der Waals surface area contributed by atoms with Gasteiger partial charge in [0, 0.05) is 29.1 Å². The van der Waals surface area contributed by atoms with E-state index in [1.54, 1.807) is 52.3 Å². The fraction of sp³-hybridized carbons (Fsp3) is 0.357. The Morgan fingerprint density at radius 2 is 1.86 bits per heavy atom. The number of allylic oxidation sites excluding steroid dienone is 3. The molecule has 2 heterocycles. The molecule has 1 aromatic heterocycles. The van der Waals surface area contributed by atoms with Crippen molar-refractivity contribution in [3.05, 3.63) is 82.5 Å². The number of ketones is 1. The first-order valence-electron chi connectivity index (χ1n) is 12.0. The van der Waals surface area contributed by atoms with Crippen LogP contribution in [0, 0.1) is 5.92 Å². The minimum absolute atomic E-state index is 0.147. The summed E-state index contributed by atoms with van der Waals surface area (Å²) in [6, 6.07) is 12.7. The third-order valence-electron chi connectivity index (χ3n) is 6.56. The van der Waals surface area contributed by atoms with Gasteiger partial charge in [0.1, 0.15) is 11.7 Å². The molecular formula is C28H30N2O6. The zero-order valence-electron chi connectivity index (χ0n) is 20.9. The number of hydrogen-bond acceptors (Lipinski definition) is 8. The summed E-state index contributed by atoms with van der Waals surface area (Å²) in [6.45, 7) is 5.56. The van der Waals surface area contributed by atoms with E-state index in [2.05, 4.69) is 10.3 Å². The number of rotatable bonds is 7. The maximum absolute atomic E-state index is 14.2. The summed E-state index contributed by atoms with van der Waals surface area (Å²) < 4.78 is 16.1. The molecule has 8 nitrogen and oxygen atoms in total. The van der Waals surface area contributed by atoms with Crippen molar-refractivity contribution in [3.63, 3.8) is 0 Å².